The van der Waals surface area contributed by atoms with Crippen LogP contribution in [0.1, 0.15) is 17.0 Å². The fourth-order valence-electron chi connectivity index (χ4n) is 2.81. The number of nitrogens with zero attached hydrogens (tertiary/aromatic N) is 4. The molecule has 3 rings (SSSR count). The average Bonchev–Trinajstić information content (AvgIpc) is 3.05. The average molecular weight is 343 g/mol. The second kappa shape index (κ2) is 7.21. The molecule has 1 fully saturated rings. The van der Waals surface area contributed by atoms with Crippen molar-refractivity contribution in [2.45, 2.75) is 13.5 Å². The summed E-state index contributed by atoms with van der Waals surface area (Å²) in [6.45, 7) is 4.14. The number of benzene rings is 1. The van der Waals surface area contributed by atoms with Crippen molar-refractivity contribution >= 4 is 11.7 Å². The number of hydrogen-bond donors (Lipinski definition) is 1. The smallest absolute Gasteiger partial charge is 0.317 e. The molecule has 0 saturated carbocycles. The number of nitriles is 1. The lowest BCUT2D eigenvalue weighted by Gasteiger charge is -2.36. The molecule has 0 radical (unpaired) electrons. The van der Waals surface area contributed by atoms with Crippen LogP contribution in [0.25, 0.3) is 0 Å². The van der Waals surface area contributed by atoms with Gasteiger partial charge in [-0.05, 0) is 19.1 Å². The molecule has 1 aliphatic heterocycles. The maximum atomic E-state index is 13.7. The van der Waals surface area contributed by atoms with Gasteiger partial charge in [-0.3, -0.25) is 0 Å². The number of piperazine rings is 1. The minimum absolute atomic E-state index is 0.0427. The Kier molecular flexibility index (Phi) is 4.84. The molecular weight excluding hydrogens is 325 g/mol. The van der Waals surface area contributed by atoms with Gasteiger partial charge < -0.3 is 19.6 Å². The Morgan fingerprint density at radius 2 is 2.16 bits per heavy atom. The largest absolute Gasteiger partial charge is 0.367 e. The van der Waals surface area contributed by atoms with E-state index in [1.165, 1.54) is 6.07 Å². The van der Waals surface area contributed by atoms with Gasteiger partial charge in [0, 0.05) is 32.2 Å². The molecule has 1 aromatic heterocycles. The van der Waals surface area contributed by atoms with Crippen molar-refractivity contribution in [3.05, 3.63) is 47.1 Å². The zero-order valence-electron chi connectivity index (χ0n) is 13.8. The monoisotopic (exact) mass is 343 g/mol. The van der Waals surface area contributed by atoms with E-state index in [0.717, 1.165) is 5.69 Å². The van der Waals surface area contributed by atoms with E-state index in [9.17, 15) is 9.18 Å². The van der Waals surface area contributed by atoms with Crippen molar-refractivity contribution in [3.63, 3.8) is 0 Å². The maximum absolute atomic E-state index is 13.7. The molecule has 0 spiro atoms. The lowest BCUT2D eigenvalue weighted by molar-refractivity contribution is 0.192. The summed E-state index contributed by atoms with van der Waals surface area (Å²) in [4.78, 5) is 15.8. The number of anilines is 1. The molecular formula is C17H18FN5O2. The highest BCUT2D eigenvalue weighted by Gasteiger charge is 2.23. The number of hydrogen-bond acceptors (Lipinski definition) is 5. The van der Waals surface area contributed by atoms with Crippen molar-refractivity contribution in [3.8, 4) is 6.07 Å². The molecule has 25 heavy (non-hydrogen) atoms. The Morgan fingerprint density at radius 3 is 2.80 bits per heavy atom. The number of aromatic nitrogens is 1. The molecule has 0 atom stereocenters. The van der Waals surface area contributed by atoms with Gasteiger partial charge >= 0.3 is 6.03 Å². The highest BCUT2D eigenvalue weighted by Crippen LogP contribution is 2.23. The lowest BCUT2D eigenvalue weighted by Crippen LogP contribution is -2.51. The second-order valence-corrected chi connectivity index (χ2v) is 5.81. The number of halogens is 1. The van der Waals surface area contributed by atoms with Gasteiger partial charge in [0.1, 0.15) is 17.4 Å². The summed E-state index contributed by atoms with van der Waals surface area (Å²) in [5.74, 6) is 0.0745. The van der Waals surface area contributed by atoms with Crippen molar-refractivity contribution in [1.29, 1.82) is 5.26 Å². The van der Waals surface area contributed by atoms with Crippen LogP contribution in [0.2, 0.25) is 0 Å². The van der Waals surface area contributed by atoms with Gasteiger partial charge in [-0.25, -0.2) is 9.18 Å². The van der Waals surface area contributed by atoms with Crippen LogP contribution in [0.15, 0.2) is 28.8 Å². The third-order valence-electron chi connectivity index (χ3n) is 4.10. The summed E-state index contributed by atoms with van der Waals surface area (Å²) in [6, 6.07) is 8.08. The SMILES string of the molecule is Cc1cc(CNC(=O)N2CCN(c3cccc(F)c3C#N)CC2)on1. The normalized spacial score (nSPS) is 14.3. The molecule has 1 N–H and O–H groups in total. The van der Waals surface area contributed by atoms with Crippen LogP contribution >= 0.6 is 0 Å². The van der Waals surface area contributed by atoms with Crippen LogP contribution in [0.4, 0.5) is 14.9 Å². The van der Waals surface area contributed by atoms with E-state index in [1.54, 1.807) is 23.1 Å². The van der Waals surface area contributed by atoms with Crippen LogP contribution in [0.3, 0.4) is 0 Å². The van der Waals surface area contributed by atoms with Crippen molar-refractivity contribution < 1.29 is 13.7 Å². The predicted molar refractivity (Wildman–Crippen MR) is 88.4 cm³/mol. The highest BCUT2D eigenvalue weighted by molar-refractivity contribution is 5.74. The van der Waals surface area contributed by atoms with E-state index in [2.05, 4.69) is 10.5 Å². The van der Waals surface area contributed by atoms with Crippen LogP contribution in [-0.2, 0) is 6.54 Å². The first-order chi connectivity index (χ1) is 12.1. The minimum atomic E-state index is -0.525. The van der Waals surface area contributed by atoms with Crippen LogP contribution in [-0.4, -0.2) is 42.3 Å². The van der Waals surface area contributed by atoms with Gasteiger partial charge in [0.15, 0.2) is 5.76 Å². The molecule has 7 nitrogen and oxygen atoms in total. The summed E-state index contributed by atoms with van der Waals surface area (Å²) in [6.07, 6.45) is 0. The third-order valence-corrected chi connectivity index (χ3v) is 4.10. The predicted octanol–water partition coefficient (Wildman–Crippen LogP) is 2.03. The van der Waals surface area contributed by atoms with Crippen LogP contribution < -0.4 is 10.2 Å². The third kappa shape index (κ3) is 3.71. The fourth-order valence-corrected chi connectivity index (χ4v) is 2.81. The Hall–Kier alpha value is -3.08. The van der Waals surface area contributed by atoms with E-state index >= 15 is 0 Å². The zero-order chi connectivity index (χ0) is 17.8. The number of rotatable bonds is 3. The molecule has 0 unspecified atom stereocenters. The summed E-state index contributed by atoms with van der Waals surface area (Å²) < 4.78 is 18.8. The van der Waals surface area contributed by atoms with E-state index in [1.807, 2.05) is 17.9 Å². The van der Waals surface area contributed by atoms with Gasteiger partial charge in [-0.1, -0.05) is 11.2 Å². The molecule has 1 aliphatic rings. The van der Waals surface area contributed by atoms with E-state index in [0.29, 0.717) is 37.6 Å². The summed E-state index contributed by atoms with van der Waals surface area (Å²) in [5, 5.41) is 15.7. The van der Waals surface area contributed by atoms with Gasteiger partial charge in [0.05, 0.1) is 17.9 Å². The molecule has 0 bridgehead atoms. The van der Waals surface area contributed by atoms with Gasteiger partial charge in [-0.15, -0.1) is 0 Å². The molecule has 8 heteroatoms. The molecule has 130 valence electrons. The molecule has 2 aromatic rings. The molecule has 1 aromatic carbocycles. The van der Waals surface area contributed by atoms with E-state index in [4.69, 9.17) is 9.78 Å². The zero-order valence-corrected chi connectivity index (χ0v) is 13.8. The summed E-state index contributed by atoms with van der Waals surface area (Å²) in [5.41, 5.74) is 1.38. The minimum Gasteiger partial charge on any atom is -0.367 e. The van der Waals surface area contributed by atoms with Crippen molar-refractivity contribution in [2.24, 2.45) is 0 Å². The lowest BCUT2D eigenvalue weighted by atomic mass is 10.1. The number of urea groups is 1. The Labute approximate surface area is 144 Å². The molecule has 0 aliphatic carbocycles. The first kappa shape index (κ1) is 16.8. The van der Waals surface area contributed by atoms with Crippen LogP contribution in [0.5, 0.6) is 0 Å². The highest BCUT2D eigenvalue weighted by atomic mass is 19.1. The quantitative estimate of drug-likeness (QED) is 0.922. The topological polar surface area (TPSA) is 85.4 Å². The Morgan fingerprint density at radius 1 is 1.40 bits per heavy atom. The summed E-state index contributed by atoms with van der Waals surface area (Å²) >= 11 is 0. The molecule has 1 saturated heterocycles. The van der Waals surface area contributed by atoms with E-state index in [-0.39, 0.29) is 18.1 Å². The van der Waals surface area contributed by atoms with Gasteiger partial charge in [0.2, 0.25) is 0 Å². The summed E-state index contributed by atoms with van der Waals surface area (Å²) in [7, 11) is 0. The number of aryl methyl sites for hydroxylation is 1. The number of carbonyl (C=O) groups is 1. The molecule has 2 amide bonds. The second-order valence-electron chi connectivity index (χ2n) is 5.81. The van der Waals surface area contributed by atoms with E-state index < -0.39 is 5.82 Å². The van der Waals surface area contributed by atoms with Crippen molar-refractivity contribution in [2.75, 3.05) is 31.1 Å². The van der Waals surface area contributed by atoms with Crippen LogP contribution in [0, 0.1) is 24.1 Å². The first-order valence-corrected chi connectivity index (χ1v) is 7.97. The Balaban J connectivity index is 1.56. The Bertz CT molecular complexity index is 806. The fraction of sp³-hybridized carbons (Fsp3) is 0.353. The standard InChI is InChI=1S/C17H18FN5O2/c1-12-9-13(25-21-12)11-20-17(24)23-7-5-22(6-8-23)16-4-2-3-15(18)14(16)10-19/h2-4,9H,5-8,11H2,1H3,(H,20,24). The van der Waals surface area contributed by atoms with Crippen molar-refractivity contribution in [1.82, 2.24) is 15.4 Å². The van der Waals surface area contributed by atoms with Gasteiger partial charge in [-0.2, -0.15) is 5.26 Å². The molecule has 2 heterocycles. The first-order valence-electron chi connectivity index (χ1n) is 7.97. The number of amides is 2. The number of carbonyl (C=O) groups excluding carboxylic acids is 1. The van der Waals surface area contributed by atoms with Gasteiger partial charge in [0.25, 0.3) is 0 Å². The number of nitrogens with one attached hydrogen (secondary N) is 1. The maximum Gasteiger partial charge on any atom is 0.317 e.